The smallest absolute Gasteiger partial charge is 0.261 e. The van der Waals surface area contributed by atoms with Crippen molar-refractivity contribution in [1.82, 2.24) is 20.9 Å². The van der Waals surface area contributed by atoms with E-state index in [2.05, 4.69) is 16.0 Å². The molecule has 2 rings (SSSR count). The fourth-order valence-electron chi connectivity index (χ4n) is 3.84. The third kappa shape index (κ3) is 8.47. The van der Waals surface area contributed by atoms with Gasteiger partial charge >= 0.3 is 0 Å². The Hall–Kier alpha value is -3.21. The molecule has 0 radical (unpaired) electrons. The SMILES string of the molecule is CC(=O)NCCNC(=O)[C@H](CC(C)C)NC(=O)C(CCCN1C(=O)c2ccccc2C1=O)SC(C)=O. The molecule has 1 unspecified atom stereocenters. The van der Waals surface area contributed by atoms with Crippen molar-refractivity contribution in [3.63, 3.8) is 0 Å². The van der Waals surface area contributed by atoms with E-state index in [9.17, 15) is 28.8 Å². The van der Waals surface area contributed by atoms with Gasteiger partial charge in [-0.05, 0) is 37.3 Å². The molecule has 3 N–H and O–H groups in total. The summed E-state index contributed by atoms with van der Waals surface area (Å²) in [7, 11) is 0. The maximum Gasteiger partial charge on any atom is 0.261 e. The van der Waals surface area contributed by atoms with Crippen LogP contribution in [0.1, 0.15) is 67.7 Å². The highest BCUT2D eigenvalue weighted by molar-refractivity contribution is 8.14. The molecule has 1 aliphatic rings. The van der Waals surface area contributed by atoms with Crippen LogP contribution in [0.25, 0.3) is 0 Å². The van der Waals surface area contributed by atoms with Crippen LogP contribution in [0.5, 0.6) is 0 Å². The number of benzene rings is 1. The summed E-state index contributed by atoms with van der Waals surface area (Å²) in [4.78, 5) is 74.8. The van der Waals surface area contributed by atoms with Crippen LogP contribution in [0.3, 0.4) is 0 Å². The maximum absolute atomic E-state index is 13.1. The number of hydrogen-bond acceptors (Lipinski definition) is 7. The number of amides is 5. The molecule has 0 aliphatic carbocycles. The number of carbonyl (C=O) groups excluding carboxylic acids is 6. The lowest BCUT2D eigenvalue weighted by molar-refractivity contribution is -0.129. The van der Waals surface area contributed by atoms with Gasteiger partial charge in [-0.2, -0.15) is 0 Å². The first-order valence-corrected chi connectivity index (χ1v) is 12.8. The van der Waals surface area contributed by atoms with Gasteiger partial charge in [-0.3, -0.25) is 33.7 Å². The molecule has 5 amide bonds. The zero-order chi connectivity index (χ0) is 26.8. The number of hydrogen-bond donors (Lipinski definition) is 3. The normalized spacial score (nSPS) is 14.3. The summed E-state index contributed by atoms with van der Waals surface area (Å²) in [6.45, 7) is 7.19. The Balaban J connectivity index is 1.98. The summed E-state index contributed by atoms with van der Waals surface area (Å²) < 4.78 is 0. The van der Waals surface area contributed by atoms with Crippen LogP contribution in [0.15, 0.2) is 24.3 Å². The molecule has 1 aromatic rings. The Morgan fingerprint density at radius 2 is 1.50 bits per heavy atom. The standard InChI is InChI=1S/C25H34N4O6S/c1-15(2)14-20(22(32)27-12-11-26-16(3)30)28-23(33)21(36-17(4)31)10-7-13-29-24(34)18-8-5-6-9-19(18)25(29)35/h5-6,8-9,15,20-21H,7,10-14H2,1-4H3,(H,26,30)(H,27,32)(H,28,33)/t20-,21?/m0/s1. The van der Waals surface area contributed by atoms with E-state index in [4.69, 9.17) is 0 Å². The number of carbonyl (C=O) groups is 6. The molecule has 10 nitrogen and oxygen atoms in total. The van der Waals surface area contributed by atoms with Gasteiger partial charge in [0, 0.05) is 33.5 Å². The van der Waals surface area contributed by atoms with E-state index < -0.39 is 17.2 Å². The molecule has 2 atom stereocenters. The number of rotatable bonds is 13. The predicted molar refractivity (Wildman–Crippen MR) is 136 cm³/mol. The minimum absolute atomic E-state index is 0.115. The molecule has 0 spiro atoms. The highest BCUT2D eigenvalue weighted by atomic mass is 32.2. The van der Waals surface area contributed by atoms with Crippen molar-refractivity contribution in [2.24, 2.45) is 5.92 Å². The minimum Gasteiger partial charge on any atom is -0.355 e. The van der Waals surface area contributed by atoms with Gasteiger partial charge < -0.3 is 16.0 Å². The lowest BCUT2D eigenvalue weighted by Gasteiger charge is -2.23. The van der Waals surface area contributed by atoms with E-state index in [0.29, 0.717) is 24.0 Å². The molecule has 0 saturated heterocycles. The largest absolute Gasteiger partial charge is 0.355 e. The lowest BCUT2D eigenvalue weighted by Crippen LogP contribution is -2.50. The van der Waals surface area contributed by atoms with E-state index >= 15 is 0 Å². The Kier molecular flexibility index (Phi) is 11.1. The van der Waals surface area contributed by atoms with Gasteiger partial charge in [0.25, 0.3) is 11.8 Å². The molecule has 0 fully saturated rings. The first-order valence-electron chi connectivity index (χ1n) is 12.0. The van der Waals surface area contributed by atoms with Crippen molar-refractivity contribution < 1.29 is 28.8 Å². The van der Waals surface area contributed by atoms with Gasteiger partial charge in [0.05, 0.1) is 16.4 Å². The van der Waals surface area contributed by atoms with Crippen LogP contribution in [0, 0.1) is 5.92 Å². The zero-order valence-corrected chi connectivity index (χ0v) is 21.9. The second kappa shape index (κ2) is 13.8. The number of nitrogens with one attached hydrogen (secondary N) is 3. The van der Waals surface area contributed by atoms with Crippen LogP contribution >= 0.6 is 11.8 Å². The van der Waals surface area contributed by atoms with E-state index in [0.717, 1.165) is 16.7 Å². The molecular formula is C25H34N4O6S. The van der Waals surface area contributed by atoms with E-state index in [-0.39, 0.29) is 60.7 Å². The van der Waals surface area contributed by atoms with Gasteiger partial charge in [0.1, 0.15) is 6.04 Å². The summed E-state index contributed by atoms with van der Waals surface area (Å²) in [5.41, 5.74) is 0.715. The second-order valence-corrected chi connectivity index (χ2v) is 10.4. The van der Waals surface area contributed by atoms with E-state index in [1.807, 2.05) is 13.8 Å². The molecule has 1 aromatic carbocycles. The summed E-state index contributed by atoms with van der Waals surface area (Å²) in [6.07, 6.45) is 0.952. The lowest BCUT2D eigenvalue weighted by atomic mass is 10.0. The Labute approximate surface area is 215 Å². The van der Waals surface area contributed by atoms with Crippen LogP contribution in [0.4, 0.5) is 0 Å². The van der Waals surface area contributed by atoms with Gasteiger partial charge in [-0.15, -0.1) is 0 Å². The highest BCUT2D eigenvalue weighted by Crippen LogP contribution is 2.24. The van der Waals surface area contributed by atoms with Gasteiger partial charge in [-0.1, -0.05) is 37.7 Å². The van der Waals surface area contributed by atoms with E-state index in [1.165, 1.54) is 13.8 Å². The Bertz CT molecular complexity index is 977. The molecule has 196 valence electrons. The Morgan fingerprint density at radius 3 is 2.03 bits per heavy atom. The molecule has 36 heavy (non-hydrogen) atoms. The first-order chi connectivity index (χ1) is 17.0. The third-order valence-corrected chi connectivity index (χ3v) is 6.53. The summed E-state index contributed by atoms with van der Waals surface area (Å²) >= 11 is 0.858. The molecule has 1 heterocycles. The van der Waals surface area contributed by atoms with E-state index in [1.54, 1.807) is 24.3 Å². The topological polar surface area (TPSA) is 142 Å². The van der Waals surface area contributed by atoms with Crippen molar-refractivity contribution in [2.45, 2.75) is 58.2 Å². The third-order valence-electron chi connectivity index (χ3n) is 5.47. The molecule has 11 heteroatoms. The van der Waals surface area contributed by atoms with Crippen molar-refractivity contribution in [3.05, 3.63) is 35.4 Å². The number of thioether (sulfide) groups is 1. The van der Waals surface area contributed by atoms with Crippen LogP contribution in [-0.4, -0.2) is 70.5 Å². The molecule has 0 saturated carbocycles. The second-order valence-electron chi connectivity index (χ2n) is 9.01. The van der Waals surface area contributed by atoms with Crippen LogP contribution < -0.4 is 16.0 Å². The fourth-order valence-corrected chi connectivity index (χ4v) is 4.70. The van der Waals surface area contributed by atoms with Crippen LogP contribution in [-0.2, 0) is 19.2 Å². The fraction of sp³-hybridized carbons (Fsp3) is 0.520. The first kappa shape index (κ1) is 29.0. The number of nitrogens with zero attached hydrogens (tertiary/aromatic N) is 1. The quantitative estimate of drug-likeness (QED) is 0.265. The molecule has 1 aliphatic heterocycles. The average Bonchev–Trinajstić information content (AvgIpc) is 3.04. The minimum atomic E-state index is -0.805. The summed E-state index contributed by atoms with van der Waals surface area (Å²) in [5.74, 6) is -1.67. The predicted octanol–water partition coefficient (Wildman–Crippen LogP) is 1.49. The van der Waals surface area contributed by atoms with Crippen molar-refractivity contribution in [3.8, 4) is 0 Å². The van der Waals surface area contributed by atoms with Gasteiger partial charge in [-0.25, -0.2) is 0 Å². The summed E-state index contributed by atoms with van der Waals surface area (Å²) in [6, 6.07) is 5.80. The van der Waals surface area contributed by atoms with Gasteiger partial charge in [0.15, 0.2) is 5.12 Å². The maximum atomic E-state index is 13.1. The molecular weight excluding hydrogens is 484 g/mol. The molecule has 0 bridgehead atoms. The Morgan fingerprint density at radius 1 is 0.917 bits per heavy atom. The highest BCUT2D eigenvalue weighted by Gasteiger charge is 2.35. The van der Waals surface area contributed by atoms with Crippen molar-refractivity contribution in [1.29, 1.82) is 0 Å². The number of fused-ring (bicyclic) bond motifs is 1. The monoisotopic (exact) mass is 518 g/mol. The average molecular weight is 519 g/mol. The number of imide groups is 1. The van der Waals surface area contributed by atoms with Crippen molar-refractivity contribution >= 4 is 46.4 Å². The van der Waals surface area contributed by atoms with Crippen LogP contribution in [0.2, 0.25) is 0 Å². The van der Waals surface area contributed by atoms with Crippen molar-refractivity contribution in [2.75, 3.05) is 19.6 Å². The summed E-state index contributed by atoms with van der Waals surface area (Å²) in [5, 5.41) is 7.01. The molecule has 0 aromatic heterocycles. The van der Waals surface area contributed by atoms with Gasteiger partial charge in [0.2, 0.25) is 17.7 Å². The zero-order valence-electron chi connectivity index (χ0n) is 21.1.